The molecule has 0 aromatic heterocycles. The van der Waals surface area contributed by atoms with Crippen LogP contribution in [0.4, 0.5) is 0 Å². The Labute approximate surface area is 288 Å². The molecule has 4 heteroatoms. The fraction of sp³-hybridized carbons (Fsp3) is 0.881. The van der Waals surface area contributed by atoms with E-state index in [-0.39, 0.29) is 12.5 Å². The van der Waals surface area contributed by atoms with E-state index in [1.807, 2.05) is 6.08 Å². The van der Waals surface area contributed by atoms with Crippen molar-refractivity contribution >= 4 is 5.91 Å². The van der Waals surface area contributed by atoms with Gasteiger partial charge in [0.1, 0.15) is 0 Å². The van der Waals surface area contributed by atoms with Crippen molar-refractivity contribution in [3.63, 3.8) is 0 Å². The molecule has 0 aromatic rings. The average molecular weight is 648 g/mol. The Bertz CT molecular complexity index is 661. The van der Waals surface area contributed by atoms with Gasteiger partial charge in [0.15, 0.2) is 0 Å². The fourth-order valence-electron chi connectivity index (χ4n) is 6.25. The molecule has 1 amide bonds. The van der Waals surface area contributed by atoms with Crippen molar-refractivity contribution in [2.75, 3.05) is 6.61 Å². The number of nitrogens with one attached hydrogen (secondary N) is 1. The molecule has 0 bridgehead atoms. The number of rotatable bonds is 37. The van der Waals surface area contributed by atoms with Crippen LogP contribution in [0, 0.1) is 0 Å². The average Bonchev–Trinajstić information content (AvgIpc) is 3.06. The molecule has 0 heterocycles. The normalized spacial score (nSPS) is 13.2. The number of allylic oxidation sites excluding steroid dienone is 3. The third-order valence-electron chi connectivity index (χ3n) is 9.44. The van der Waals surface area contributed by atoms with E-state index >= 15 is 0 Å². The van der Waals surface area contributed by atoms with Crippen LogP contribution in [0.5, 0.6) is 0 Å². The minimum absolute atomic E-state index is 0.0717. The first kappa shape index (κ1) is 44.9. The second-order valence-corrected chi connectivity index (χ2v) is 14.1. The minimum atomic E-state index is -0.856. The van der Waals surface area contributed by atoms with Gasteiger partial charge in [-0.15, -0.1) is 0 Å². The largest absolute Gasteiger partial charge is 0.394 e. The summed E-state index contributed by atoms with van der Waals surface area (Å²) in [5.74, 6) is -0.0717. The highest BCUT2D eigenvalue weighted by Gasteiger charge is 2.17. The molecule has 272 valence electrons. The molecule has 0 aliphatic heterocycles. The van der Waals surface area contributed by atoms with Crippen molar-refractivity contribution in [1.29, 1.82) is 0 Å². The van der Waals surface area contributed by atoms with E-state index in [4.69, 9.17) is 0 Å². The second-order valence-electron chi connectivity index (χ2n) is 14.1. The lowest BCUT2D eigenvalue weighted by atomic mass is 10.0. The monoisotopic (exact) mass is 648 g/mol. The second kappa shape index (κ2) is 38.3. The van der Waals surface area contributed by atoms with Crippen LogP contribution in [0.15, 0.2) is 24.3 Å². The molecule has 2 atom stereocenters. The topological polar surface area (TPSA) is 69.6 Å². The number of aliphatic hydroxyl groups is 2. The maximum atomic E-state index is 12.3. The first-order chi connectivity index (χ1) is 22.7. The van der Waals surface area contributed by atoms with Crippen LogP contribution in [-0.4, -0.2) is 34.9 Å². The van der Waals surface area contributed by atoms with Crippen LogP contribution in [0.3, 0.4) is 0 Å². The van der Waals surface area contributed by atoms with Crippen LogP contribution in [0.2, 0.25) is 0 Å². The van der Waals surface area contributed by atoms with Crippen molar-refractivity contribution in [2.45, 2.75) is 231 Å². The van der Waals surface area contributed by atoms with Crippen LogP contribution >= 0.6 is 0 Å². The predicted molar refractivity (Wildman–Crippen MR) is 202 cm³/mol. The third kappa shape index (κ3) is 34.2. The highest BCUT2D eigenvalue weighted by Crippen LogP contribution is 2.15. The van der Waals surface area contributed by atoms with Gasteiger partial charge in [0.25, 0.3) is 0 Å². The Morgan fingerprint density at radius 2 is 0.848 bits per heavy atom. The van der Waals surface area contributed by atoms with E-state index in [0.717, 1.165) is 32.1 Å². The molecule has 0 aliphatic rings. The number of carbonyl (C=O) groups is 1. The van der Waals surface area contributed by atoms with Gasteiger partial charge in [0, 0.05) is 6.42 Å². The number of amides is 1. The minimum Gasteiger partial charge on any atom is -0.394 e. The summed E-state index contributed by atoms with van der Waals surface area (Å²) in [6.07, 6.45) is 48.5. The SMILES string of the molecule is CCCCCCCCC/C=C\CC/C=C/C(O)C(CO)NC(=O)CCCCCCCCCCCCCCCCCCCCCCC. The number of hydrogen-bond donors (Lipinski definition) is 3. The van der Waals surface area contributed by atoms with Gasteiger partial charge in [0.2, 0.25) is 5.91 Å². The molecule has 2 unspecified atom stereocenters. The molecular formula is C42H81NO3. The lowest BCUT2D eigenvalue weighted by Crippen LogP contribution is -2.45. The summed E-state index contributed by atoms with van der Waals surface area (Å²) in [5.41, 5.74) is 0. The third-order valence-corrected chi connectivity index (χ3v) is 9.44. The predicted octanol–water partition coefficient (Wildman–Crippen LogP) is 12.5. The van der Waals surface area contributed by atoms with E-state index in [2.05, 4.69) is 31.3 Å². The van der Waals surface area contributed by atoms with E-state index in [0.29, 0.717) is 6.42 Å². The van der Waals surface area contributed by atoms with E-state index < -0.39 is 12.1 Å². The zero-order valence-corrected chi connectivity index (χ0v) is 31.1. The highest BCUT2D eigenvalue weighted by molar-refractivity contribution is 5.76. The molecule has 46 heavy (non-hydrogen) atoms. The van der Waals surface area contributed by atoms with Gasteiger partial charge in [-0.25, -0.2) is 0 Å². The van der Waals surface area contributed by atoms with Crippen LogP contribution in [0.1, 0.15) is 219 Å². The standard InChI is InChI=1S/C42H81NO3/c1-3-5-7-9-11-13-15-17-18-19-20-21-22-23-24-26-28-30-32-34-36-38-42(46)43-40(39-44)41(45)37-35-33-31-29-27-25-16-14-12-10-8-6-4-2/h27,29,35,37,40-41,44-45H,3-26,28,30-34,36,38-39H2,1-2H3,(H,43,46)/b29-27-,37-35+. The number of aliphatic hydroxyl groups excluding tert-OH is 2. The number of carbonyl (C=O) groups excluding carboxylic acids is 1. The zero-order chi connectivity index (χ0) is 33.6. The fourth-order valence-corrected chi connectivity index (χ4v) is 6.25. The molecule has 3 N–H and O–H groups in total. The summed E-state index contributed by atoms with van der Waals surface area (Å²) in [7, 11) is 0. The Balaban J connectivity index is 3.55. The summed E-state index contributed by atoms with van der Waals surface area (Å²) < 4.78 is 0. The maximum absolute atomic E-state index is 12.3. The Hall–Kier alpha value is -1.13. The summed E-state index contributed by atoms with van der Waals surface area (Å²) >= 11 is 0. The lowest BCUT2D eigenvalue weighted by molar-refractivity contribution is -0.123. The first-order valence-corrected chi connectivity index (χ1v) is 20.6. The van der Waals surface area contributed by atoms with Crippen LogP contribution in [0.25, 0.3) is 0 Å². The molecule has 0 aliphatic carbocycles. The van der Waals surface area contributed by atoms with Gasteiger partial charge in [0.05, 0.1) is 18.8 Å². The molecule has 0 saturated carbocycles. The van der Waals surface area contributed by atoms with Gasteiger partial charge in [-0.3, -0.25) is 4.79 Å². The van der Waals surface area contributed by atoms with Crippen molar-refractivity contribution in [1.82, 2.24) is 5.32 Å². The highest BCUT2D eigenvalue weighted by atomic mass is 16.3. The van der Waals surface area contributed by atoms with Crippen molar-refractivity contribution in [2.24, 2.45) is 0 Å². The van der Waals surface area contributed by atoms with Crippen LogP contribution < -0.4 is 5.32 Å². The molecule has 0 spiro atoms. The van der Waals surface area contributed by atoms with E-state index in [1.54, 1.807) is 6.08 Å². The summed E-state index contributed by atoms with van der Waals surface area (Å²) in [5, 5.41) is 22.9. The van der Waals surface area contributed by atoms with Gasteiger partial charge in [-0.05, 0) is 32.1 Å². The Kier molecular flexibility index (Phi) is 37.4. The summed E-state index contributed by atoms with van der Waals surface area (Å²) in [4.78, 5) is 12.3. The van der Waals surface area contributed by atoms with Gasteiger partial charge in [-0.1, -0.05) is 205 Å². The molecular weight excluding hydrogens is 566 g/mol. The Morgan fingerprint density at radius 1 is 0.500 bits per heavy atom. The Morgan fingerprint density at radius 3 is 1.26 bits per heavy atom. The van der Waals surface area contributed by atoms with Gasteiger partial charge >= 0.3 is 0 Å². The number of unbranched alkanes of at least 4 members (excludes halogenated alkanes) is 28. The molecule has 0 rings (SSSR count). The molecule has 0 radical (unpaired) electrons. The van der Waals surface area contributed by atoms with E-state index in [1.165, 1.54) is 167 Å². The smallest absolute Gasteiger partial charge is 0.220 e. The van der Waals surface area contributed by atoms with Gasteiger partial charge < -0.3 is 15.5 Å². The summed E-state index contributed by atoms with van der Waals surface area (Å²) in [6.45, 7) is 4.29. The van der Waals surface area contributed by atoms with Crippen molar-refractivity contribution < 1.29 is 15.0 Å². The molecule has 0 saturated heterocycles. The number of hydrogen-bond acceptors (Lipinski definition) is 3. The van der Waals surface area contributed by atoms with E-state index in [9.17, 15) is 15.0 Å². The maximum Gasteiger partial charge on any atom is 0.220 e. The lowest BCUT2D eigenvalue weighted by Gasteiger charge is -2.19. The quantitative estimate of drug-likeness (QED) is 0.0464. The zero-order valence-electron chi connectivity index (χ0n) is 31.1. The molecule has 0 aromatic carbocycles. The van der Waals surface area contributed by atoms with Crippen LogP contribution in [-0.2, 0) is 4.79 Å². The summed E-state index contributed by atoms with van der Waals surface area (Å²) in [6, 6.07) is -0.633. The van der Waals surface area contributed by atoms with Gasteiger partial charge in [-0.2, -0.15) is 0 Å². The first-order valence-electron chi connectivity index (χ1n) is 20.6. The van der Waals surface area contributed by atoms with Crippen molar-refractivity contribution in [3.8, 4) is 0 Å². The molecule has 0 fully saturated rings. The van der Waals surface area contributed by atoms with Crippen molar-refractivity contribution in [3.05, 3.63) is 24.3 Å². The molecule has 4 nitrogen and oxygen atoms in total.